The highest BCUT2D eigenvalue weighted by molar-refractivity contribution is 7.87. The minimum atomic E-state index is -3.97. The molecule has 1 aliphatic carbocycles. The van der Waals surface area contributed by atoms with Crippen LogP contribution in [0.4, 0.5) is 4.79 Å². The number of alkyl carbamates (subject to hydrolysis) is 1. The number of rotatable bonds is 12. The third-order valence-corrected chi connectivity index (χ3v) is 8.86. The number of hydrogen-bond acceptors (Lipinski definition) is 7. The summed E-state index contributed by atoms with van der Waals surface area (Å²) in [6.07, 6.45) is -0.0313. The zero-order valence-electron chi connectivity index (χ0n) is 24.7. The van der Waals surface area contributed by atoms with Crippen molar-refractivity contribution in [3.8, 4) is 16.9 Å². The van der Waals surface area contributed by atoms with E-state index in [1.165, 1.54) is 12.1 Å². The molecule has 5 rings (SSSR count). The van der Waals surface area contributed by atoms with Crippen LogP contribution in [0.1, 0.15) is 41.5 Å². The standard InChI is InChI=1S/C35H35NO7S/c1-3-41-34(37)21-26(20-25-14-16-27(17-15-25)43-44(39,40)28-18-12-24(2)13-19-28)22-36-35(38)42-23-33-31-10-6-4-8-29(31)30-9-5-7-11-32(30)33/h4-19,26,33H,3,20-23H2,1-2H3,(H,36,38). The maximum Gasteiger partial charge on any atom is 0.407 e. The summed E-state index contributed by atoms with van der Waals surface area (Å²) in [6.45, 7) is 4.25. The number of carbonyl (C=O) groups is 2. The Morgan fingerprint density at radius 3 is 2.05 bits per heavy atom. The van der Waals surface area contributed by atoms with E-state index in [0.29, 0.717) is 6.42 Å². The molecule has 1 atom stereocenters. The Morgan fingerprint density at radius 2 is 1.43 bits per heavy atom. The van der Waals surface area contributed by atoms with Crippen LogP contribution in [0.5, 0.6) is 5.75 Å². The predicted octanol–water partition coefficient (Wildman–Crippen LogP) is 6.41. The van der Waals surface area contributed by atoms with E-state index in [-0.39, 0.29) is 54.6 Å². The molecule has 1 unspecified atom stereocenters. The van der Waals surface area contributed by atoms with Gasteiger partial charge in [-0.2, -0.15) is 8.42 Å². The molecule has 0 saturated heterocycles. The summed E-state index contributed by atoms with van der Waals surface area (Å²) in [4.78, 5) is 25.2. The van der Waals surface area contributed by atoms with E-state index in [0.717, 1.165) is 33.4 Å². The van der Waals surface area contributed by atoms with Crippen LogP contribution < -0.4 is 9.50 Å². The third-order valence-electron chi connectivity index (χ3n) is 7.60. The molecule has 8 nitrogen and oxygen atoms in total. The van der Waals surface area contributed by atoms with Gasteiger partial charge in [0.1, 0.15) is 17.3 Å². The first-order valence-electron chi connectivity index (χ1n) is 14.6. The lowest BCUT2D eigenvalue weighted by Crippen LogP contribution is -2.33. The summed E-state index contributed by atoms with van der Waals surface area (Å²) in [5.74, 6) is -0.527. The molecule has 0 spiro atoms. The molecule has 1 amide bonds. The number of amides is 1. The van der Waals surface area contributed by atoms with Crippen LogP contribution >= 0.6 is 0 Å². The molecule has 228 valence electrons. The quantitative estimate of drug-likeness (QED) is 0.145. The van der Waals surface area contributed by atoms with Crippen molar-refractivity contribution >= 4 is 22.2 Å². The maximum atomic E-state index is 12.8. The molecule has 0 saturated carbocycles. The Bertz CT molecular complexity index is 1670. The molecule has 9 heteroatoms. The van der Waals surface area contributed by atoms with Crippen molar-refractivity contribution in [2.75, 3.05) is 19.8 Å². The molecule has 4 aromatic rings. The van der Waals surface area contributed by atoms with Crippen LogP contribution in [0.2, 0.25) is 0 Å². The molecular formula is C35H35NO7S. The van der Waals surface area contributed by atoms with Crippen LogP contribution in [0.3, 0.4) is 0 Å². The van der Waals surface area contributed by atoms with Gasteiger partial charge in [-0.25, -0.2) is 4.79 Å². The van der Waals surface area contributed by atoms with Crippen molar-refractivity contribution in [3.05, 3.63) is 119 Å². The molecule has 0 radical (unpaired) electrons. The van der Waals surface area contributed by atoms with Gasteiger partial charge in [0, 0.05) is 12.5 Å². The molecule has 4 aromatic carbocycles. The summed E-state index contributed by atoms with van der Waals surface area (Å²) in [5.41, 5.74) is 6.33. The number of benzene rings is 4. The van der Waals surface area contributed by atoms with Crippen molar-refractivity contribution in [2.45, 2.75) is 37.5 Å². The zero-order chi connectivity index (χ0) is 31.1. The van der Waals surface area contributed by atoms with Crippen molar-refractivity contribution in [1.82, 2.24) is 5.32 Å². The molecule has 1 aliphatic rings. The van der Waals surface area contributed by atoms with Gasteiger partial charge in [-0.15, -0.1) is 0 Å². The van der Waals surface area contributed by atoms with Gasteiger partial charge < -0.3 is 19.0 Å². The number of hydrogen-bond donors (Lipinski definition) is 1. The summed E-state index contributed by atoms with van der Waals surface area (Å²) >= 11 is 0. The van der Waals surface area contributed by atoms with Gasteiger partial charge in [0.05, 0.1) is 13.0 Å². The van der Waals surface area contributed by atoms with E-state index in [2.05, 4.69) is 29.6 Å². The Balaban J connectivity index is 1.19. The fourth-order valence-corrected chi connectivity index (χ4v) is 6.37. The van der Waals surface area contributed by atoms with Crippen molar-refractivity contribution < 1.29 is 31.7 Å². The SMILES string of the molecule is CCOC(=O)CC(CNC(=O)OCC1c2ccccc2-c2ccccc21)Cc1ccc(OS(=O)(=O)c2ccc(C)cc2)cc1. The van der Waals surface area contributed by atoms with Crippen molar-refractivity contribution in [2.24, 2.45) is 5.92 Å². The van der Waals surface area contributed by atoms with Gasteiger partial charge in [0.25, 0.3) is 0 Å². The monoisotopic (exact) mass is 613 g/mol. The fraction of sp³-hybridized carbons (Fsp3) is 0.257. The second-order valence-corrected chi connectivity index (χ2v) is 12.3. The Kier molecular flexibility index (Phi) is 9.65. The van der Waals surface area contributed by atoms with Crippen LogP contribution in [0.25, 0.3) is 11.1 Å². The predicted molar refractivity (Wildman–Crippen MR) is 167 cm³/mol. The molecule has 0 fully saturated rings. The lowest BCUT2D eigenvalue weighted by atomic mass is 9.96. The molecule has 0 heterocycles. The zero-order valence-corrected chi connectivity index (χ0v) is 25.5. The number of carbonyl (C=O) groups excluding carboxylic acids is 2. The smallest absolute Gasteiger partial charge is 0.407 e. The van der Waals surface area contributed by atoms with Crippen LogP contribution in [-0.2, 0) is 30.8 Å². The van der Waals surface area contributed by atoms with Gasteiger partial charge in [0.15, 0.2) is 0 Å². The third kappa shape index (κ3) is 7.47. The highest BCUT2D eigenvalue weighted by Crippen LogP contribution is 2.44. The Hall–Kier alpha value is -4.63. The molecule has 0 bridgehead atoms. The summed E-state index contributed by atoms with van der Waals surface area (Å²) in [6, 6.07) is 29.3. The minimum Gasteiger partial charge on any atom is -0.466 e. The van der Waals surface area contributed by atoms with Gasteiger partial charge in [-0.1, -0.05) is 78.4 Å². The van der Waals surface area contributed by atoms with E-state index < -0.39 is 16.2 Å². The Labute approximate surface area is 258 Å². The molecule has 44 heavy (non-hydrogen) atoms. The Morgan fingerprint density at radius 1 is 0.818 bits per heavy atom. The number of esters is 1. The molecule has 0 aromatic heterocycles. The molecule has 0 aliphatic heterocycles. The minimum absolute atomic E-state index is 0.0564. The van der Waals surface area contributed by atoms with Crippen LogP contribution in [0.15, 0.2) is 102 Å². The summed E-state index contributed by atoms with van der Waals surface area (Å²) in [5, 5.41) is 2.81. The van der Waals surface area contributed by atoms with E-state index in [4.69, 9.17) is 13.7 Å². The lowest BCUT2D eigenvalue weighted by Gasteiger charge is -2.18. The first kappa shape index (κ1) is 30.8. The van der Waals surface area contributed by atoms with Gasteiger partial charge in [0.2, 0.25) is 0 Å². The fourth-order valence-electron chi connectivity index (χ4n) is 5.44. The van der Waals surface area contributed by atoms with Gasteiger partial charge in [-0.3, -0.25) is 4.79 Å². The van der Waals surface area contributed by atoms with Gasteiger partial charge >= 0.3 is 22.2 Å². The van der Waals surface area contributed by atoms with E-state index in [1.807, 2.05) is 31.2 Å². The van der Waals surface area contributed by atoms with E-state index in [1.54, 1.807) is 43.3 Å². The lowest BCUT2D eigenvalue weighted by molar-refractivity contribution is -0.144. The highest BCUT2D eigenvalue weighted by atomic mass is 32.2. The first-order valence-corrected chi connectivity index (χ1v) is 16.0. The topological polar surface area (TPSA) is 108 Å². The second kappa shape index (κ2) is 13.8. The number of nitrogens with one attached hydrogen (secondary N) is 1. The maximum absolute atomic E-state index is 12.8. The average Bonchev–Trinajstić information content (AvgIpc) is 3.33. The molecule has 1 N–H and O–H groups in total. The van der Waals surface area contributed by atoms with Crippen LogP contribution in [-0.4, -0.2) is 40.2 Å². The van der Waals surface area contributed by atoms with Crippen LogP contribution in [0, 0.1) is 12.8 Å². The highest BCUT2D eigenvalue weighted by Gasteiger charge is 2.29. The van der Waals surface area contributed by atoms with Crippen molar-refractivity contribution in [3.63, 3.8) is 0 Å². The first-order chi connectivity index (χ1) is 21.2. The van der Waals surface area contributed by atoms with Crippen molar-refractivity contribution in [1.29, 1.82) is 0 Å². The summed E-state index contributed by atoms with van der Waals surface area (Å²) in [7, 11) is -3.97. The van der Waals surface area contributed by atoms with Gasteiger partial charge in [-0.05, 0) is 78.3 Å². The van der Waals surface area contributed by atoms with E-state index >= 15 is 0 Å². The van der Waals surface area contributed by atoms with E-state index in [9.17, 15) is 18.0 Å². The number of ether oxygens (including phenoxy) is 2. The number of fused-ring (bicyclic) bond motifs is 3. The number of aryl methyl sites for hydroxylation is 1. The molecular weight excluding hydrogens is 578 g/mol. The average molecular weight is 614 g/mol. The largest absolute Gasteiger partial charge is 0.466 e. The normalized spacial score (nSPS) is 13.0. The summed E-state index contributed by atoms with van der Waals surface area (Å²) < 4.78 is 41.4. The second-order valence-electron chi connectivity index (χ2n) is 10.8.